The van der Waals surface area contributed by atoms with E-state index < -0.39 is 0 Å². The predicted octanol–water partition coefficient (Wildman–Crippen LogP) is 7.59. The van der Waals surface area contributed by atoms with Crippen LogP contribution in [0.3, 0.4) is 0 Å². The van der Waals surface area contributed by atoms with E-state index in [0.717, 1.165) is 56.8 Å². The topological polar surface area (TPSA) is 48.5 Å². The maximum absolute atomic E-state index is 12.4. The van der Waals surface area contributed by atoms with Gasteiger partial charge in [-0.05, 0) is 31.5 Å². The largest absolute Gasteiger partial charge is 0.354 e. The molecule has 0 aliphatic carbocycles. The lowest BCUT2D eigenvalue weighted by Crippen LogP contribution is -2.46. The van der Waals surface area contributed by atoms with Crippen LogP contribution in [-0.2, 0) is 0 Å². The van der Waals surface area contributed by atoms with Crippen molar-refractivity contribution in [2.45, 2.75) is 110 Å². The number of hydrogen-bond donors (Lipinski definition) is 1. The molecule has 0 radical (unpaired) electrons. The Hall–Kier alpha value is -1.14. The summed E-state index contributed by atoms with van der Waals surface area (Å²) in [6.45, 7) is 8.25. The van der Waals surface area contributed by atoms with Crippen molar-refractivity contribution in [3.63, 3.8) is 0 Å². The zero-order valence-corrected chi connectivity index (χ0v) is 24.7. The number of pyridine rings is 1. The average Bonchev–Trinajstić information content (AvgIpc) is 2.92. The maximum Gasteiger partial charge on any atom is 0.252 e. The summed E-state index contributed by atoms with van der Waals surface area (Å²) >= 11 is 3.50. The van der Waals surface area contributed by atoms with Gasteiger partial charge in [0.05, 0.1) is 5.56 Å². The number of hydrogen-bond acceptors (Lipinski definition) is 4. The number of alkyl halides is 1. The van der Waals surface area contributed by atoms with E-state index in [0.29, 0.717) is 5.56 Å². The molecule has 5 nitrogen and oxygen atoms in total. The number of aromatic nitrogens is 1. The van der Waals surface area contributed by atoms with Crippen molar-refractivity contribution in [2.75, 3.05) is 49.5 Å². The predicted molar refractivity (Wildman–Crippen MR) is 159 cm³/mol. The van der Waals surface area contributed by atoms with Gasteiger partial charge in [0, 0.05) is 44.3 Å². The highest BCUT2D eigenvalue weighted by Crippen LogP contribution is 2.15. The molecule has 6 heteroatoms. The first kappa shape index (κ1) is 31.1. The fourth-order valence-corrected chi connectivity index (χ4v) is 5.40. The number of halogens is 1. The van der Waals surface area contributed by atoms with Crippen molar-refractivity contribution < 1.29 is 4.79 Å². The van der Waals surface area contributed by atoms with Crippen LogP contribution >= 0.6 is 15.9 Å². The van der Waals surface area contributed by atoms with Crippen LogP contribution in [0, 0.1) is 0 Å². The molecule has 0 aromatic carbocycles. The summed E-state index contributed by atoms with van der Waals surface area (Å²) in [6, 6.07) is 3.90. The summed E-state index contributed by atoms with van der Waals surface area (Å²) in [7, 11) is 0. The lowest BCUT2D eigenvalue weighted by atomic mass is 10.0. The van der Waals surface area contributed by atoms with Crippen molar-refractivity contribution in [1.82, 2.24) is 15.2 Å². The van der Waals surface area contributed by atoms with E-state index in [1.807, 2.05) is 12.1 Å². The molecule has 36 heavy (non-hydrogen) atoms. The number of carbonyl (C=O) groups excluding carboxylic acids is 1. The van der Waals surface area contributed by atoms with Gasteiger partial charge in [-0.2, -0.15) is 0 Å². The Labute approximate surface area is 230 Å². The molecule has 2 heterocycles. The van der Waals surface area contributed by atoms with E-state index in [1.165, 1.54) is 96.3 Å². The second kappa shape index (κ2) is 20.9. The second-order valence-corrected chi connectivity index (χ2v) is 11.2. The third-order valence-corrected chi connectivity index (χ3v) is 8.06. The molecule has 0 spiro atoms. The molecule has 0 atom stereocenters. The number of anilines is 1. The van der Waals surface area contributed by atoms with E-state index >= 15 is 0 Å². The van der Waals surface area contributed by atoms with Crippen LogP contribution in [0.25, 0.3) is 0 Å². The van der Waals surface area contributed by atoms with E-state index in [1.54, 1.807) is 6.20 Å². The summed E-state index contributed by atoms with van der Waals surface area (Å²) in [5, 5.41) is 4.23. The van der Waals surface area contributed by atoms with Crippen LogP contribution < -0.4 is 10.2 Å². The molecule has 2 rings (SSSR count). The average molecular weight is 566 g/mol. The zero-order valence-electron chi connectivity index (χ0n) is 23.1. The quantitative estimate of drug-likeness (QED) is 0.123. The van der Waals surface area contributed by atoms with Crippen molar-refractivity contribution in [3.8, 4) is 0 Å². The minimum Gasteiger partial charge on any atom is -0.354 e. The van der Waals surface area contributed by atoms with Crippen molar-refractivity contribution in [1.29, 1.82) is 0 Å². The molecule has 0 bridgehead atoms. The lowest BCUT2D eigenvalue weighted by molar-refractivity contribution is 0.0952. The monoisotopic (exact) mass is 564 g/mol. The van der Waals surface area contributed by atoms with Crippen LogP contribution in [0.4, 0.5) is 5.82 Å². The number of unbranched alkanes of at least 4 members (excludes halogenated alkanes) is 15. The summed E-state index contributed by atoms with van der Waals surface area (Å²) < 4.78 is 0. The molecule has 1 fully saturated rings. The molecule has 1 saturated heterocycles. The van der Waals surface area contributed by atoms with Gasteiger partial charge < -0.3 is 15.1 Å². The van der Waals surface area contributed by atoms with Gasteiger partial charge in [0.15, 0.2) is 0 Å². The molecule has 1 aromatic rings. The van der Waals surface area contributed by atoms with E-state index in [4.69, 9.17) is 0 Å². The Kier molecular flexibility index (Phi) is 18.0. The van der Waals surface area contributed by atoms with Crippen LogP contribution in [0.1, 0.15) is 120 Å². The smallest absolute Gasteiger partial charge is 0.252 e. The summed E-state index contributed by atoms with van der Waals surface area (Å²) in [5.74, 6) is 0.980. The first-order valence-corrected chi connectivity index (χ1v) is 16.1. The molecule has 1 aliphatic rings. The Morgan fingerprint density at radius 2 is 1.28 bits per heavy atom. The molecule has 0 saturated carbocycles. The molecule has 1 N–H and O–H groups in total. The lowest BCUT2D eigenvalue weighted by Gasteiger charge is -2.34. The molecule has 1 amide bonds. The second-order valence-electron chi connectivity index (χ2n) is 10.4. The van der Waals surface area contributed by atoms with E-state index in [9.17, 15) is 4.79 Å². The Morgan fingerprint density at radius 3 is 1.72 bits per heavy atom. The van der Waals surface area contributed by atoms with Crippen molar-refractivity contribution in [2.24, 2.45) is 0 Å². The summed E-state index contributed by atoms with van der Waals surface area (Å²) in [4.78, 5) is 21.7. The highest BCUT2D eigenvalue weighted by atomic mass is 79.9. The van der Waals surface area contributed by atoms with Gasteiger partial charge in [-0.1, -0.05) is 113 Å². The number of nitrogens with zero attached hydrogens (tertiary/aromatic N) is 3. The van der Waals surface area contributed by atoms with Gasteiger partial charge in [0.1, 0.15) is 5.82 Å². The van der Waals surface area contributed by atoms with Gasteiger partial charge in [-0.15, -0.1) is 0 Å². The Bertz CT molecular complexity index is 661. The first-order valence-electron chi connectivity index (χ1n) is 15.0. The van der Waals surface area contributed by atoms with E-state index in [2.05, 4.69) is 43.0 Å². The number of piperazine rings is 1. The third-order valence-electron chi connectivity index (χ3n) is 7.50. The standard InChI is InChI=1S/C30H53BrN4O/c1-2-34-23-25-35(26-24-34)29-20-19-28(27-33-29)30(36)32-22-18-16-14-12-10-8-6-4-3-5-7-9-11-13-15-17-21-31/h19-20,27H,2-18,21-26H2,1H3,(H,32,36). The normalized spacial score (nSPS) is 14.3. The number of nitrogens with one attached hydrogen (secondary N) is 1. The highest BCUT2D eigenvalue weighted by Gasteiger charge is 2.17. The van der Waals surface area contributed by atoms with Gasteiger partial charge in [-0.25, -0.2) is 4.98 Å². The summed E-state index contributed by atoms with van der Waals surface area (Å²) in [5.41, 5.74) is 0.663. The highest BCUT2D eigenvalue weighted by molar-refractivity contribution is 9.09. The number of rotatable bonds is 21. The zero-order chi connectivity index (χ0) is 25.7. The van der Waals surface area contributed by atoms with Crippen LogP contribution in [0.2, 0.25) is 0 Å². The number of amides is 1. The van der Waals surface area contributed by atoms with Crippen molar-refractivity contribution in [3.05, 3.63) is 23.9 Å². The third kappa shape index (κ3) is 14.0. The van der Waals surface area contributed by atoms with E-state index in [-0.39, 0.29) is 5.91 Å². The minimum absolute atomic E-state index is 0.000455. The van der Waals surface area contributed by atoms with Crippen LogP contribution in [0.15, 0.2) is 18.3 Å². The first-order chi connectivity index (χ1) is 17.7. The Morgan fingerprint density at radius 1 is 0.778 bits per heavy atom. The van der Waals surface area contributed by atoms with Gasteiger partial charge in [0.2, 0.25) is 0 Å². The maximum atomic E-state index is 12.4. The minimum atomic E-state index is -0.000455. The van der Waals surface area contributed by atoms with Crippen LogP contribution in [0.5, 0.6) is 0 Å². The molecular weight excluding hydrogens is 512 g/mol. The molecule has 1 aliphatic heterocycles. The van der Waals surface area contributed by atoms with Gasteiger partial charge in [0.25, 0.3) is 5.91 Å². The molecular formula is C30H53BrN4O. The Balaban J connectivity index is 1.37. The molecule has 0 unspecified atom stereocenters. The number of likely N-dealkylation sites (N-methyl/N-ethyl adjacent to an activating group) is 1. The van der Waals surface area contributed by atoms with Crippen molar-refractivity contribution >= 4 is 27.7 Å². The van der Waals surface area contributed by atoms with Gasteiger partial charge in [-0.3, -0.25) is 4.79 Å². The summed E-state index contributed by atoms with van der Waals surface area (Å²) in [6.07, 6.45) is 23.5. The number of carbonyl (C=O) groups is 1. The van der Waals surface area contributed by atoms with Crippen LogP contribution in [-0.4, -0.2) is 60.4 Å². The SMILES string of the molecule is CCN1CCN(c2ccc(C(=O)NCCCCCCCCCCCCCCCCCCBr)cn2)CC1. The molecule has 206 valence electrons. The fraction of sp³-hybridized carbons (Fsp3) is 0.800. The van der Waals surface area contributed by atoms with Gasteiger partial charge >= 0.3 is 0 Å². The molecule has 1 aromatic heterocycles. The fourth-order valence-electron chi connectivity index (χ4n) is 5.00.